The van der Waals surface area contributed by atoms with Crippen molar-refractivity contribution in [3.63, 3.8) is 0 Å². The topological polar surface area (TPSA) is 84.6 Å². The van der Waals surface area contributed by atoms with Crippen molar-refractivity contribution in [3.8, 4) is 5.75 Å². The lowest BCUT2D eigenvalue weighted by molar-refractivity contribution is -0.125. The van der Waals surface area contributed by atoms with Crippen molar-refractivity contribution in [1.82, 2.24) is 4.90 Å². The van der Waals surface area contributed by atoms with E-state index in [9.17, 15) is 15.0 Å². The molecule has 5 nitrogen and oxygen atoms in total. The Hall–Kier alpha value is -3.08. The first kappa shape index (κ1) is 16.8. The molecule has 3 rings (SSSR count). The summed E-state index contributed by atoms with van der Waals surface area (Å²) < 4.78 is 0. The first-order valence-electron chi connectivity index (χ1n) is 8.17. The van der Waals surface area contributed by atoms with Crippen LogP contribution in [-0.2, 0) is 4.79 Å². The van der Waals surface area contributed by atoms with Crippen LogP contribution in [0.15, 0.2) is 60.2 Å². The van der Waals surface area contributed by atoms with Gasteiger partial charge in [0.1, 0.15) is 11.5 Å². The summed E-state index contributed by atoms with van der Waals surface area (Å²) in [7, 11) is 0. The molecular formula is C20H20N2O3. The lowest BCUT2D eigenvalue weighted by Crippen LogP contribution is -2.30. The number of carbonyl (C=O) groups excluding carboxylic acids is 1. The number of aliphatic hydroxyl groups excluding tert-OH is 1. The Morgan fingerprint density at radius 2 is 1.92 bits per heavy atom. The summed E-state index contributed by atoms with van der Waals surface area (Å²) in [5.41, 5.74) is 1.43. The second-order valence-corrected chi connectivity index (χ2v) is 6.10. The van der Waals surface area contributed by atoms with Crippen LogP contribution in [0.4, 0.5) is 0 Å². The van der Waals surface area contributed by atoms with Crippen LogP contribution in [0.5, 0.6) is 5.75 Å². The molecule has 3 N–H and O–H groups in total. The van der Waals surface area contributed by atoms with Crippen LogP contribution in [-0.4, -0.2) is 40.3 Å². The smallest absolute Gasteiger partial charge is 0.259 e. The number of rotatable bonds is 4. The number of aromatic hydroxyl groups is 1. The number of benzene rings is 2. The largest absolute Gasteiger partial charge is 0.508 e. The number of nitrogens with zero attached hydrogens (tertiary/aromatic N) is 1. The first-order chi connectivity index (χ1) is 12.1. The van der Waals surface area contributed by atoms with Crippen LogP contribution in [0.25, 0.3) is 5.76 Å². The van der Waals surface area contributed by atoms with Crippen molar-refractivity contribution in [2.24, 2.45) is 0 Å². The summed E-state index contributed by atoms with van der Waals surface area (Å²) >= 11 is 0. The molecule has 25 heavy (non-hydrogen) atoms. The van der Waals surface area contributed by atoms with Gasteiger partial charge in [-0.1, -0.05) is 42.5 Å². The minimum atomic E-state index is -0.366. The number of nitrogens with one attached hydrogen (secondary N) is 1. The Morgan fingerprint density at radius 1 is 1.16 bits per heavy atom. The fraction of sp³-hybridized carbons (Fsp3) is 0.200. The zero-order valence-electron chi connectivity index (χ0n) is 13.7. The number of phenols is 1. The normalized spacial score (nSPS) is 17.9. The average Bonchev–Trinajstić information content (AvgIpc) is 3.13. The maximum absolute atomic E-state index is 12.7. The molecule has 1 atom stereocenters. The molecule has 1 amide bonds. The van der Waals surface area contributed by atoms with E-state index < -0.39 is 0 Å². The van der Waals surface area contributed by atoms with Gasteiger partial charge in [0, 0.05) is 30.8 Å². The number of aliphatic hydroxyl groups is 1. The van der Waals surface area contributed by atoms with Gasteiger partial charge in [0.05, 0.1) is 5.57 Å². The number of phenolic OH excluding ortho intramolecular Hbond substituents is 1. The van der Waals surface area contributed by atoms with Gasteiger partial charge >= 0.3 is 0 Å². The molecule has 1 heterocycles. The van der Waals surface area contributed by atoms with E-state index in [1.807, 2.05) is 18.2 Å². The summed E-state index contributed by atoms with van der Waals surface area (Å²) in [4.78, 5) is 14.4. The van der Waals surface area contributed by atoms with E-state index in [-0.39, 0.29) is 28.9 Å². The fourth-order valence-electron chi connectivity index (χ4n) is 3.15. The number of hydrogen-bond donors (Lipinski definition) is 3. The van der Waals surface area contributed by atoms with E-state index in [2.05, 4.69) is 12.1 Å². The predicted octanol–water partition coefficient (Wildman–Crippen LogP) is 3.33. The molecule has 2 aromatic carbocycles. The highest BCUT2D eigenvalue weighted by molar-refractivity contribution is 6.16. The van der Waals surface area contributed by atoms with Gasteiger partial charge in [-0.05, 0) is 24.1 Å². The molecule has 128 valence electrons. The number of amides is 1. The van der Waals surface area contributed by atoms with Gasteiger partial charge in [-0.3, -0.25) is 4.79 Å². The van der Waals surface area contributed by atoms with E-state index in [1.54, 1.807) is 17.0 Å². The quantitative estimate of drug-likeness (QED) is 0.455. The summed E-state index contributed by atoms with van der Waals surface area (Å²) in [6.45, 7) is 1.15. The maximum atomic E-state index is 12.7. The number of carbonyl (C=O) groups is 1. The average molecular weight is 336 g/mol. The summed E-state index contributed by atoms with van der Waals surface area (Å²) in [5.74, 6) is -0.403. The Balaban J connectivity index is 1.81. The fourth-order valence-corrected chi connectivity index (χ4v) is 3.15. The van der Waals surface area contributed by atoms with Crippen molar-refractivity contribution in [2.75, 3.05) is 13.1 Å². The zero-order valence-corrected chi connectivity index (χ0v) is 13.7. The van der Waals surface area contributed by atoms with Crippen molar-refractivity contribution in [2.45, 2.75) is 12.3 Å². The van der Waals surface area contributed by atoms with Crippen LogP contribution in [0, 0.1) is 5.41 Å². The molecule has 5 heteroatoms. The molecule has 0 saturated carbocycles. The molecule has 0 aliphatic carbocycles. The molecule has 1 saturated heterocycles. The standard InChI is InChI=1S/C20H20N2O3/c21-12-18(19(24)15-7-4-8-17(23)11-15)20(25)22-10-9-16(13-22)14-5-2-1-3-6-14/h1-8,11-12,16,21,23-24H,9-10,13H2/b19-18+,21-12?. The highest BCUT2D eigenvalue weighted by Gasteiger charge is 2.29. The maximum Gasteiger partial charge on any atom is 0.259 e. The first-order valence-corrected chi connectivity index (χ1v) is 8.17. The Morgan fingerprint density at radius 3 is 2.60 bits per heavy atom. The van der Waals surface area contributed by atoms with Gasteiger partial charge in [-0.15, -0.1) is 0 Å². The number of hydrogen-bond acceptors (Lipinski definition) is 4. The molecule has 1 fully saturated rings. The summed E-state index contributed by atoms with van der Waals surface area (Å²) in [6, 6.07) is 16.0. The van der Waals surface area contributed by atoms with Gasteiger partial charge in [-0.2, -0.15) is 0 Å². The second-order valence-electron chi connectivity index (χ2n) is 6.10. The zero-order chi connectivity index (χ0) is 17.8. The van der Waals surface area contributed by atoms with Crippen LogP contribution in [0.3, 0.4) is 0 Å². The summed E-state index contributed by atoms with van der Waals surface area (Å²) in [6.07, 6.45) is 1.73. The number of likely N-dealkylation sites (tertiary alicyclic amines) is 1. The molecule has 0 spiro atoms. The van der Waals surface area contributed by atoms with Crippen molar-refractivity contribution in [1.29, 1.82) is 5.41 Å². The van der Waals surface area contributed by atoms with Crippen LogP contribution >= 0.6 is 0 Å². The SMILES string of the molecule is N=C/C(C(=O)N1CCC(c2ccccc2)C1)=C(\O)c1cccc(O)c1. The second kappa shape index (κ2) is 7.21. The molecule has 0 bridgehead atoms. The van der Waals surface area contributed by atoms with Crippen LogP contribution in [0.2, 0.25) is 0 Å². The molecular weight excluding hydrogens is 316 g/mol. The van der Waals surface area contributed by atoms with Gasteiger partial charge in [0.2, 0.25) is 0 Å². The Labute approximate surface area is 146 Å². The van der Waals surface area contributed by atoms with Crippen LogP contribution in [0.1, 0.15) is 23.5 Å². The van der Waals surface area contributed by atoms with E-state index in [0.717, 1.165) is 12.6 Å². The molecule has 0 radical (unpaired) electrons. The van der Waals surface area contributed by atoms with Gasteiger partial charge < -0.3 is 20.5 Å². The molecule has 1 aliphatic rings. The lowest BCUT2D eigenvalue weighted by Gasteiger charge is -2.18. The van der Waals surface area contributed by atoms with Crippen molar-refractivity contribution < 1.29 is 15.0 Å². The van der Waals surface area contributed by atoms with Crippen molar-refractivity contribution in [3.05, 3.63) is 71.3 Å². The minimum absolute atomic E-state index is 0.00820. The third-order valence-corrected chi connectivity index (χ3v) is 4.50. The summed E-state index contributed by atoms with van der Waals surface area (Å²) in [5, 5.41) is 27.5. The van der Waals surface area contributed by atoms with E-state index in [1.165, 1.54) is 17.7 Å². The van der Waals surface area contributed by atoms with Gasteiger partial charge in [-0.25, -0.2) is 0 Å². The lowest BCUT2D eigenvalue weighted by atomic mass is 9.99. The minimum Gasteiger partial charge on any atom is -0.508 e. The van der Waals surface area contributed by atoms with Crippen molar-refractivity contribution >= 4 is 17.9 Å². The molecule has 0 aromatic heterocycles. The Kier molecular flexibility index (Phi) is 4.84. The third-order valence-electron chi connectivity index (χ3n) is 4.50. The molecule has 1 unspecified atom stereocenters. The Bertz CT molecular complexity index is 815. The van der Waals surface area contributed by atoms with Gasteiger partial charge in [0.15, 0.2) is 0 Å². The third kappa shape index (κ3) is 3.55. The van der Waals surface area contributed by atoms with E-state index in [0.29, 0.717) is 18.7 Å². The van der Waals surface area contributed by atoms with E-state index >= 15 is 0 Å². The monoisotopic (exact) mass is 336 g/mol. The van der Waals surface area contributed by atoms with Crippen LogP contribution < -0.4 is 0 Å². The predicted molar refractivity (Wildman–Crippen MR) is 96.8 cm³/mol. The highest BCUT2D eigenvalue weighted by atomic mass is 16.3. The van der Waals surface area contributed by atoms with E-state index in [4.69, 9.17) is 5.41 Å². The molecule has 2 aromatic rings. The molecule has 1 aliphatic heterocycles. The highest BCUT2D eigenvalue weighted by Crippen LogP contribution is 2.29. The van der Waals surface area contributed by atoms with Gasteiger partial charge in [0.25, 0.3) is 5.91 Å².